The van der Waals surface area contributed by atoms with Crippen molar-refractivity contribution in [3.8, 4) is 10.6 Å². The van der Waals surface area contributed by atoms with Gasteiger partial charge in [-0.25, -0.2) is 4.98 Å². The number of rotatable bonds is 3. The molecule has 0 bridgehead atoms. The quantitative estimate of drug-likeness (QED) is 0.928. The number of hydrogen-bond acceptors (Lipinski definition) is 3. The first-order valence-corrected chi connectivity index (χ1v) is 7.10. The second-order valence-electron chi connectivity index (χ2n) is 4.76. The van der Waals surface area contributed by atoms with Crippen LogP contribution in [0.25, 0.3) is 10.6 Å². The number of benzene rings is 1. The second-order valence-corrected chi connectivity index (χ2v) is 5.79. The van der Waals surface area contributed by atoms with Crippen molar-refractivity contribution in [3.63, 3.8) is 0 Å². The Morgan fingerprint density at radius 1 is 1.26 bits per heavy atom. The summed E-state index contributed by atoms with van der Waals surface area (Å²) >= 11 is 1.64. The summed E-state index contributed by atoms with van der Waals surface area (Å²) in [6, 6.07) is 8.35. The highest BCUT2D eigenvalue weighted by molar-refractivity contribution is 7.15. The minimum Gasteiger partial charge on any atom is -0.349 e. The number of amides is 1. The van der Waals surface area contributed by atoms with E-state index in [0.717, 1.165) is 21.1 Å². The molecule has 0 fully saturated rings. The van der Waals surface area contributed by atoms with Gasteiger partial charge in [0.15, 0.2) is 0 Å². The van der Waals surface area contributed by atoms with Crippen molar-refractivity contribution in [2.24, 2.45) is 0 Å². The number of nitrogens with one attached hydrogen (secondary N) is 1. The molecule has 0 aliphatic carbocycles. The third-order valence-corrected chi connectivity index (χ3v) is 4.33. The molecule has 1 atom stereocenters. The highest BCUT2D eigenvalue weighted by Crippen LogP contribution is 2.31. The van der Waals surface area contributed by atoms with Gasteiger partial charge in [-0.15, -0.1) is 11.3 Å². The molecule has 1 heterocycles. The lowest BCUT2D eigenvalue weighted by atomic mass is 10.2. The zero-order valence-corrected chi connectivity index (χ0v) is 12.5. The average Bonchev–Trinajstić information content (AvgIpc) is 2.71. The molecule has 0 saturated carbocycles. The van der Waals surface area contributed by atoms with E-state index in [2.05, 4.69) is 41.5 Å². The van der Waals surface area contributed by atoms with Gasteiger partial charge in [0.25, 0.3) is 0 Å². The van der Waals surface area contributed by atoms with Crippen LogP contribution in [0, 0.1) is 13.8 Å². The lowest BCUT2D eigenvalue weighted by Gasteiger charge is -2.10. The standard InChI is InChI=1S/C15H18N2OS/c1-9-5-7-13(8-6-9)15-17-11(3)14(19-15)10(2)16-12(4)18/h5-8,10H,1-4H3,(H,16,18)/t10-/m0/s1. The maximum absolute atomic E-state index is 11.1. The molecule has 1 N–H and O–H groups in total. The maximum Gasteiger partial charge on any atom is 0.217 e. The molecule has 3 nitrogen and oxygen atoms in total. The van der Waals surface area contributed by atoms with E-state index in [9.17, 15) is 4.79 Å². The molecular weight excluding hydrogens is 256 g/mol. The highest BCUT2D eigenvalue weighted by atomic mass is 32.1. The Labute approximate surface area is 117 Å². The van der Waals surface area contributed by atoms with Crippen LogP contribution in [-0.2, 0) is 4.79 Å². The van der Waals surface area contributed by atoms with Gasteiger partial charge in [0.2, 0.25) is 5.91 Å². The van der Waals surface area contributed by atoms with Gasteiger partial charge in [-0.1, -0.05) is 29.8 Å². The van der Waals surface area contributed by atoms with Gasteiger partial charge in [0.1, 0.15) is 5.01 Å². The van der Waals surface area contributed by atoms with Crippen molar-refractivity contribution in [3.05, 3.63) is 40.4 Å². The van der Waals surface area contributed by atoms with E-state index >= 15 is 0 Å². The van der Waals surface area contributed by atoms with E-state index in [1.165, 1.54) is 12.5 Å². The number of aromatic nitrogens is 1. The van der Waals surface area contributed by atoms with Crippen molar-refractivity contribution in [2.75, 3.05) is 0 Å². The summed E-state index contributed by atoms with van der Waals surface area (Å²) in [6.45, 7) is 7.58. The summed E-state index contributed by atoms with van der Waals surface area (Å²) in [4.78, 5) is 16.8. The molecule has 100 valence electrons. The van der Waals surface area contributed by atoms with Crippen LogP contribution in [0.5, 0.6) is 0 Å². The third-order valence-electron chi connectivity index (χ3n) is 2.94. The predicted octanol–water partition coefficient (Wildman–Crippen LogP) is 3.62. The molecule has 2 rings (SSSR count). The minimum absolute atomic E-state index is 0.00852. The first-order chi connectivity index (χ1) is 8.97. The molecule has 0 aliphatic heterocycles. The van der Waals surface area contributed by atoms with Crippen LogP contribution in [0.2, 0.25) is 0 Å². The van der Waals surface area contributed by atoms with E-state index in [1.807, 2.05) is 13.8 Å². The van der Waals surface area contributed by atoms with Gasteiger partial charge >= 0.3 is 0 Å². The summed E-state index contributed by atoms with van der Waals surface area (Å²) in [7, 11) is 0. The van der Waals surface area contributed by atoms with Crippen LogP contribution in [0.1, 0.15) is 36.0 Å². The smallest absolute Gasteiger partial charge is 0.217 e. The number of thiazole rings is 1. The SMILES string of the molecule is CC(=O)N[C@@H](C)c1sc(-c2ccc(C)cc2)nc1C. The summed E-state index contributed by atoms with van der Waals surface area (Å²) in [5, 5.41) is 3.91. The van der Waals surface area contributed by atoms with Crippen LogP contribution in [-0.4, -0.2) is 10.9 Å². The van der Waals surface area contributed by atoms with Gasteiger partial charge in [-0.05, 0) is 20.8 Å². The highest BCUT2D eigenvalue weighted by Gasteiger charge is 2.15. The third kappa shape index (κ3) is 3.20. The Kier molecular flexibility index (Phi) is 4.00. The van der Waals surface area contributed by atoms with E-state index in [1.54, 1.807) is 11.3 Å². The molecule has 0 radical (unpaired) electrons. The molecule has 4 heteroatoms. The summed E-state index contributed by atoms with van der Waals surface area (Å²) in [5.41, 5.74) is 3.35. The first kappa shape index (κ1) is 13.7. The Morgan fingerprint density at radius 3 is 2.47 bits per heavy atom. The van der Waals surface area contributed by atoms with Gasteiger partial charge in [-0.3, -0.25) is 4.79 Å². The Balaban J connectivity index is 2.30. The largest absolute Gasteiger partial charge is 0.349 e. The van der Waals surface area contributed by atoms with Crippen LogP contribution >= 0.6 is 11.3 Å². The van der Waals surface area contributed by atoms with Crippen molar-refractivity contribution in [1.82, 2.24) is 10.3 Å². The first-order valence-electron chi connectivity index (χ1n) is 6.29. The van der Waals surface area contributed by atoms with Gasteiger partial charge in [0.05, 0.1) is 16.6 Å². The summed E-state index contributed by atoms with van der Waals surface area (Å²) in [5.74, 6) is -0.0165. The molecule has 0 saturated heterocycles. The van der Waals surface area contributed by atoms with Crippen molar-refractivity contribution >= 4 is 17.2 Å². The zero-order valence-electron chi connectivity index (χ0n) is 11.7. The molecule has 2 aromatic rings. The lowest BCUT2D eigenvalue weighted by molar-refractivity contribution is -0.119. The normalized spacial score (nSPS) is 12.2. The topological polar surface area (TPSA) is 42.0 Å². The molecule has 0 spiro atoms. The molecule has 1 aromatic heterocycles. The maximum atomic E-state index is 11.1. The molecule has 0 aliphatic rings. The summed E-state index contributed by atoms with van der Waals surface area (Å²) in [6.07, 6.45) is 0. The number of hydrogen-bond donors (Lipinski definition) is 1. The van der Waals surface area contributed by atoms with Crippen molar-refractivity contribution in [1.29, 1.82) is 0 Å². The monoisotopic (exact) mass is 274 g/mol. The van der Waals surface area contributed by atoms with Crippen LogP contribution in [0.3, 0.4) is 0 Å². The van der Waals surface area contributed by atoms with E-state index in [-0.39, 0.29) is 11.9 Å². The molecule has 1 amide bonds. The Hall–Kier alpha value is -1.68. The van der Waals surface area contributed by atoms with Crippen molar-refractivity contribution < 1.29 is 4.79 Å². The fourth-order valence-electron chi connectivity index (χ4n) is 2.00. The fraction of sp³-hybridized carbons (Fsp3) is 0.333. The minimum atomic E-state index is -0.0165. The lowest BCUT2D eigenvalue weighted by Crippen LogP contribution is -2.23. The fourth-order valence-corrected chi connectivity index (χ4v) is 3.07. The molecule has 1 aromatic carbocycles. The molecule has 19 heavy (non-hydrogen) atoms. The van der Waals surface area contributed by atoms with Crippen LogP contribution < -0.4 is 5.32 Å². The van der Waals surface area contributed by atoms with Crippen molar-refractivity contribution in [2.45, 2.75) is 33.7 Å². The van der Waals surface area contributed by atoms with Crippen LogP contribution in [0.4, 0.5) is 0 Å². The van der Waals surface area contributed by atoms with E-state index in [4.69, 9.17) is 0 Å². The van der Waals surface area contributed by atoms with E-state index < -0.39 is 0 Å². The average molecular weight is 274 g/mol. The number of nitrogens with zero attached hydrogens (tertiary/aromatic N) is 1. The molecule has 0 unspecified atom stereocenters. The van der Waals surface area contributed by atoms with Gasteiger partial charge in [0, 0.05) is 12.5 Å². The predicted molar refractivity (Wildman–Crippen MR) is 79.3 cm³/mol. The number of aryl methyl sites for hydroxylation is 2. The van der Waals surface area contributed by atoms with Crippen LogP contribution in [0.15, 0.2) is 24.3 Å². The zero-order chi connectivity index (χ0) is 14.0. The summed E-state index contributed by atoms with van der Waals surface area (Å²) < 4.78 is 0. The van der Waals surface area contributed by atoms with Gasteiger partial charge < -0.3 is 5.32 Å². The van der Waals surface area contributed by atoms with E-state index in [0.29, 0.717) is 0 Å². The molecular formula is C15H18N2OS. The Morgan fingerprint density at radius 2 is 1.89 bits per heavy atom. The van der Waals surface area contributed by atoms with Gasteiger partial charge in [-0.2, -0.15) is 0 Å². The second kappa shape index (κ2) is 5.53. The number of carbonyl (C=O) groups is 1. The number of carbonyl (C=O) groups excluding carboxylic acids is 1. The Bertz CT molecular complexity index is 587.